The summed E-state index contributed by atoms with van der Waals surface area (Å²) in [7, 11) is 4.55. The van der Waals surface area contributed by atoms with Gasteiger partial charge in [-0.2, -0.15) is 5.10 Å². The first-order valence-electron chi connectivity index (χ1n) is 12.5. The van der Waals surface area contributed by atoms with Crippen molar-refractivity contribution >= 4 is 63.8 Å². The van der Waals surface area contributed by atoms with Crippen LogP contribution in [0.25, 0.3) is 0 Å². The quantitative estimate of drug-likeness (QED) is 0.112. The van der Waals surface area contributed by atoms with Gasteiger partial charge in [-0.15, -0.1) is 0 Å². The fraction of sp³-hybridized carbons (Fsp3) is 0.241. The molecule has 222 valence electrons. The molecular formula is C29H30ClIN4O7. The van der Waals surface area contributed by atoms with Crippen molar-refractivity contribution in [2.24, 2.45) is 5.10 Å². The Bertz CT molecular complexity index is 1480. The van der Waals surface area contributed by atoms with E-state index in [0.717, 1.165) is 11.1 Å². The van der Waals surface area contributed by atoms with Gasteiger partial charge in [-0.25, -0.2) is 5.43 Å². The first-order valence-corrected chi connectivity index (χ1v) is 14.0. The highest BCUT2D eigenvalue weighted by atomic mass is 127. The average Bonchev–Trinajstić information content (AvgIpc) is 2.97. The number of carbonyl (C=O) groups is 3. The fourth-order valence-electron chi connectivity index (χ4n) is 3.66. The number of aryl methyl sites for hydroxylation is 1. The molecule has 0 unspecified atom stereocenters. The van der Waals surface area contributed by atoms with Crippen LogP contribution in [0.1, 0.15) is 16.7 Å². The van der Waals surface area contributed by atoms with Crippen molar-refractivity contribution in [2.75, 3.05) is 39.8 Å². The Balaban J connectivity index is 1.51. The third kappa shape index (κ3) is 9.24. The molecule has 0 fully saturated rings. The van der Waals surface area contributed by atoms with Gasteiger partial charge in [-0.1, -0.05) is 23.7 Å². The van der Waals surface area contributed by atoms with E-state index in [4.69, 9.17) is 30.5 Å². The summed E-state index contributed by atoms with van der Waals surface area (Å²) in [5.41, 5.74) is 5.13. The van der Waals surface area contributed by atoms with Crippen molar-refractivity contribution in [1.29, 1.82) is 0 Å². The molecule has 3 amide bonds. The number of nitrogens with zero attached hydrogens (tertiary/aromatic N) is 1. The van der Waals surface area contributed by atoms with Gasteiger partial charge in [-0.3, -0.25) is 14.4 Å². The second kappa shape index (κ2) is 15.8. The van der Waals surface area contributed by atoms with Crippen LogP contribution in [-0.2, 0) is 20.8 Å². The number of nitrogens with one attached hydrogen (secondary N) is 3. The van der Waals surface area contributed by atoms with E-state index < -0.39 is 11.8 Å². The lowest BCUT2D eigenvalue weighted by atomic mass is 10.1. The molecule has 0 spiro atoms. The number of carbonyl (C=O) groups excluding carboxylic acids is 3. The summed E-state index contributed by atoms with van der Waals surface area (Å²) in [5.74, 6) is -0.206. The van der Waals surface area contributed by atoms with Crippen LogP contribution < -0.4 is 35.0 Å². The summed E-state index contributed by atoms with van der Waals surface area (Å²) in [4.78, 5) is 36.8. The van der Waals surface area contributed by atoms with Crippen LogP contribution in [0.15, 0.2) is 53.6 Å². The van der Waals surface area contributed by atoms with Crippen LogP contribution >= 0.6 is 34.2 Å². The zero-order valence-electron chi connectivity index (χ0n) is 23.4. The van der Waals surface area contributed by atoms with Gasteiger partial charge in [0.2, 0.25) is 0 Å². The summed E-state index contributed by atoms with van der Waals surface area (Å²) in [6.07, 6.45) is 1.84. The molecule has 13 heteroatoms. The van der Waals surface area contributed by atoms with Crippen molar-refractivity contribution in [3.05, 3.63) is 73.8 Å². The van der Waals surface area contributed by atoms with E-state index >= 15 is 0 Å². The summed E-state index contributed by atoms with van der Waals surface area (Å²) in [6, 6.07) is 14.0. The number of methoxy groups -OCH3 is 3. The number of hydrazone groups is 1. The third-order valence-electron chi connectivity index (χ3n) is 5.81. The van der Waals surface area contributed by atoms with Gasteiger partial charge in [0.1, 0.15) is 0 Å². The number of anilines is 1. The summed E-state index contributed by atoms with van der Waals surface area (Å²) >= 11 is 8.05. The van der Waals surface area contributed by atoms with Crippen molar-refractivity contribution in [3.63, 3.8) is 0 Å². The fourth-order valence-corrected chi connectivity index (χ4v) is 4.61. The van der Waals surface area contributed by atoms with Gasteiger partial charge in [-0.05, 0) is 89.0 Å². The molecule has 3 aromatic carbocycles. The predicted octanol–water partition coefficient (Wildman–Crippen LogP) is 4.11. The minimum atomic E-state index is -0.916. The molecule has 3 N–H and O–H groups in total. The Morgan fingerprint density at radius 3 is 2.38 bits per heavy atom. The van der Waals surface area contributed by atoms with Crippen LogP contribution in [0.2, 0.25) is 5.02 Å². The monoisotopic (exact) mass is 708 g/mol. The minimum Gasteiger partial charge on any atom is -0.493 e. The Morgan fingerprint density at radius 1 is 0.929 bits per heavy atom. The number of amides is 3. The normalized spacial score (nSPS) is 10.6. The predicted molar refractivity (Wildman–Crippen MR) is 168 cm³/mol. The number of hydrogen-bond donors (Lipinski definition) is 3. The molecule has 0 bridgehead atoms. The molecular weight excluding hydrogens is 679 g/mol. The Morgan fingerprint density at radius 2 is 1.67 bits per heavy atom. The average molecular weight is 709 g/mol. The van der Waals surface area contributed by atoms with Crippen molar-refractivity contribution in [3.8, 4) is 23.0 Å². The molecule has 0 atom stereocenters. The largest absolute Gasteiger partial charge is 0.493 e. The molecule has 0 aliphatic rings. The molecule has 0 aromatic heterocycles. The van der Waals surface area contributed by atoms with Crippen LogP contribution in [0.5, 0.6) is 23.0 Å². The molecule has 3 aromatic rings. The minimum absolute atomic E-state index is 0.235. The lowest BCUT2D eigenvalue weighted by Crippen LogP contribution is -2.38. The molecule has 11 nitrogen and oxygen atoms in total. The van der Waals surface area contributed by atoms with Crippen LogP contribution in [0, 0.1) is 10.5 Å². The highest BCUT2D eigenvalue weighted by molar-refractivity contribution is 14.1. The molecule has 0 aliphatic heterocycles. The number of halogens is 2. The SMILES string of the molecule is COc1ccc(CCNC(=O)C(=O)N/N=C\c2cc(I)c(OCC(=O)Nc3cc(Cl)ccc3C)c(OC)c2)cc1OC. The summed E-state index contributed by atoms with van der Waals surface area (Å²) in [6.45, 7) is 1.83. The van der Waals surface area contributed by atoms with Gasteiger partial charge in [0, 0.05) is 17.3 Å². The maximum Gasteiger partial charge on any atom is 0.329 e. The topological polar surface area (TPSA) is 137 Å². The molecule has 0 radical (unpaired) electrons. The highest BCUT2D eigenvalue weighted by Crippen LogP contribution is 2.33. The lowest BCUT2D eigenvalue weighted by molar-refractivity contribution is -0.139. The highest BCUT2D eigenvalue weighted by Gasteiger charge is 2.15. The summed E-state index contributed by atoms with van der Waals surface area (Å²) < 4.78 is 22.3. The molecule has 42 heavy (non-hydrogen) atoms. The number of hydrogen-bond acceptors (Lipinski definition) is 8. The molecule has 0 saturated heterocycles. The molecule has 0 saturated carbocycles. The van der Waals surface area contributed by atoms with Crippen LogP contribution in [0.3, 0.4) is 0 Å². The van der Waals surface area contributed by atoms with Crippen LogP contribution in [0.4, 0.5) is 5.69 Å². The smallest absolute Gasteiger partial charge is 0.329 e. The third-order valence-corrected chi connectivity index (χ3v) is 6.84. The Hall–Kier alpha value is -4.04. The first kappa shape index (κ1) is 32.5. The summed E-state index contributed by atoms with van der Waals surface area (Å²) in [5, 5.41) is 9.69. The van der Waals surface area contributed by atoms with Crippen molar-refractivity contribution in [1.82, 2.24) is 10.7 Å². The van der Waals surface area contributed by atoms with Crippen molar-refractivity contribution < 1.29 is 33.3 Å². The second-order valence-electron chi connectivity index (χ2n) is 8.72. The van der Waals surface area contributed by atoms with Crippen molar-refractivity contribution in [2.45, 2.75) is 13.3 Å². The Labute approximate surface area is 262 Å². The second-order valence-corrected chi connectivity index (χ2v) is 10.3. The first-order chi connectivity index (χ1) is 20.1. The van der Waals surface area contributed by atoms with Gasteiger partial charge < -0.3 is 29.6 Å². The number of benzene rings is 3. The van der Waals surface area contributed by atoms with E-state index in [1.54, 1.807) is 50.6 Å². The zero-order valence-corrected chi connectivity index (χ0v) is 26.3. The van der Waals surface area contributed by atoms with E-state index in [9.17, 15) is 14.4 Å². The lowest BCUT2D eigenvalue weighted by Gasteiger charge is -2.14. The van der Waals surface area contributed by atoms with E-state index in [-0.39, 0.29) is 19.1 Å². The number of rotatable bonds is 12. The molecule has 0 heterocycles. The van der Waals surface area contributed by atoms with Gasteiger partial charge in [0.15, 0.2) is 29.6 Å². The van der Waals surface area contributed by atoms with E-state index in [1.807, 2.05) is 41.6 Å². The van der Waals surface area contributed by atoms with Gasteiger partial charge in [0.25, 0.3) is 5.91 Å². The standard InChI is InChI=1S/C29H30ClIN4O7/c1-17-5-7-20(30)14-22(17)34-26(36)16-42-27-21(31)11-19(13-25(27)41-4)15-33-35-29(38)28(37)32-10-9-18-6-8-23(39-2)24(12-18)40-3/h5-8,11-15H,9-10,16H2,1-4H3,(H,32,37)(H,34,36)(H,35,38)/b33-15-. The zero-order chi connectivity index (χ0) is 30.6. The van der Waals surface area contributed by atoms with E-state index in [0.29, 0.717) is 49.3 Å². The van der Waals surface area contributed by atoms with Gasteiger partial charge in [0.05, 0.1) is 31.1 Å². The van der Waals surface area contributed by atoms with E-state index in [2.05, 4.69) is 21.2 Å². The molecule has 0 aliphatic carbocycles. The van der Waals surface area contributed by atoms with Crippen LogP contribution in [-0.4, -0.2) is 58.4 Å². The maximum atomic E-state index is 12.4. The molecule has 3 rings (SSSR count). The maximum absolute atomic E-state index is 12.4. The van der Waals surface area contributed by atoms with Gasteiger partial charge >= 0.3 is 11.8 Å². The number of ether oxygens (including phenoxy) is 4. The Kier molecular flexibility index (Phi) is 12.2. The van der Waals surface area contributed by atoms with E-state index in [1.165, 1.54) is 13.3 Å².